The van der Waals surface area contributed by atoms with Crippen LogP contribution in [-0.2, 0) is 16.0 Å². The first-order valence-corrected chi connectivity index (χ1v) is 7.61. The summed E-state index contributed by atoms with van der Waals surface area (Å²) in [6.45, 7) is 5.82. The molecule has 1 aliphatic heterocycles. The number of piperidine rings is 1. The summed E-state index contributed by atoms with van der Waals surface area (Å²) in [5.74, 6) is 0.354. The van der Waals surface area contributed by atoms with Gasteiger partial charge in [-0.15, -0.1) is 0 Å². The monoisotopic (exact) mass is 292 g/mol. The highest BCUT2D eigenvalue weighted by Gasteiger charge is 2.27. The Morgan fingerprint density at radius 3 is 2.71 bits per heavy atom. The SMILES string of the molecule is CC(C)C(=O)N1CCC(C(=O)NCCc2cnc[nH]2)CC1. The number of nitrogens with zero attached hydrogens (tertiary/aromatic N) is 2. The van der Waals surface area contributed by atoms with Crippen LogP contribution in [0.25, 0.3) is 0 Å². The number of amides is 2. The number of hydrogen-bond donors (Lipinski definition) is 2. The van der Waals surface area contributed by atoms with E-state index in [1.165, 1.54) is 0 Å². The summed E-state index contributed by atoms with van der Waals surface area (Å²) in [5.41, 5.74) is 1.02. The van der Waals surface area contributed by atoms with Gasteiger partial charge in [-0.1, -0.05) is 13.8 Å². The molecule has 1 aliphatic rings. The van der Waals surface area contributed by atoms with Crippen LogP contribution in [0.15, 0.2) is 12.5 Å². The fourth-order valence-corrected chi connectivity index (χ4v) is 2.61. The van der Waals surface area contributed by atoms with Gasteiger partial charge < -0.3 is 15.2 Å². The third kappa shape index (κ3) is 4.31. The first-order valence-electron chi connectivity index (χ1n) is 7.61. The zero-order chi connectivity index (χ0) is 15.2. The number of aromatic nitrogens is 2. The molecule has 2 N–H and O–H groups in total. The average molecular weight is 292 g/mol. The van der Waals surface area contributed by atoms with Crippen molar-refractivity contribution in [2.24, 2.45) is 11.8 Å². The van der Waals surface area contributed by atoms with Crippen LogP contribution >= 0.6 is 0 Å². The lowest BCUT2D eigenvalue weighted by Gasteiger charge is -2.32. The second-order valence-electron chi connectivity index (χ2n) is 5.87. The Morgan fingerprint density at radius 1 is 1.43 bits per heavy atom. The van der Waals surface area contributed by atoms with Crippen LogP contribution in [0.4, 0.5) is 0 Å². The molecular weight excluding hydrogens is 268 g/mol. The molecule has 0 spiro atoms. The van der Waals surface area contributed by atoms with Crippen molar-refractivity contribution in [1.29, 1.82) is 0 Å². The van der Waals surface area contributed by atoms with Crippen LogP contribution in [0.1, 0.15) is 32.4 Å². The van der Waals surface area contributed by atoms with E-state index in [4.69, 9.17) is 0 Å². The predicted molar refractivity (Wildman–Crippen MR) is 79.4 cm³/mol. The Hall–Kier alpha value is -1.85. The van der Waals surface area contributed by atoms with Gasteiger partial charge in [-0.25, -0.2) is 4.98 Å². The molecule has 6 nitrogen and oxygen atoms in total. The molecule has 6 heteroatoms. The van der Waals surface area contributed by atoms with E-state index in [1.807, 2.05) is 18.7 Å². The van der Waals surface area contributed by atoms with Crippen LogP contribution in [-0.4, -0.2) is 46.3 Å². The zero-order valence-corrected chi connectivity index (χ0v) is 12.8. The van der Waals surface area contributed by atoms with Crippen molar-refractivity contribution >= 4 is 11.8 Å². The van der Waals surface area contributed by atoms with Gasteiger partial charge in [0.2, 0.25) is 11.8 Å². The summed E-state index contributed by atoms with van der Waals surface area (Å²) >= 11 is 0. The lowest BCUT2D eigenvalue weighted by Crippen LogP contribution is -2.44. The third-order valence-electron chi connectivity index (χ3n) is 3.92. The van der Waals surface area contributed by atoms with Crippen LogP contribution in [0.5, 0.6) is 0 Å². The molecule has 116 valence electrons. The maximum absolute atomic E-state index is 12.1. The van der Waals surface area contributed by atoms with Gasteiger partial charge in [0.1, 0.15) is 0 Å². The number of aromatic amines is 1. The van der Waals surface area contributed by atoms with E-state index >= 15 is 0 Å². The van der Waals surface area contributed by atoms with Crippen LogP contribution in [0.2, 0.25) is 0 Å². The number of carbonyl (C=O) groups is 2. The Bertz CT molecular complexity index is 462. The largest absolute Gasteiger partial charge is 0.355 e. The normalized spacial score (nSPS) is 16.2. The third-order valence-corrected chi connectivity index (χ3v) is 3.92. The number of H-pyrrole nitrogens is 1. The molecule has 0 unspecified atom stereocenters. The Labute approximate surface area is 125 Å². The molecular formula is C15H24N4O2. The molecule has 1 aromatic heterocycles. The molecule has 0 aromatic carbocycles. The molecule has 0 atom stereocenters. The van der Waals surface area contributed by atoms with Crippen LogP contribution < -0.4 is 5.32 Å². The smallest absolute Gasteiger partial charge is 0.225 e. The summed E-state index contributed by atoms with van der Waals surface area (Å²) in [6.07, 6.45) is 5.68. The van der Waals surface area contributed by atoms with Crippen LogP contribution in [0.3, 0.4) is 0 Å². The van der Waals surface area contributed by atoms with E-state index in [0.717, 1.165) is 25.0 Å². The lowest BCUT2D eigenvalue weighted by molar-refractivity contribution is -0.138. The number of rotatable bonds is 5. The molecule has 1 aromatic rings. The van der Waals surface area contributed by atoms with Gasteiger partial charge in [-0.2, -0.15) is 0 Å². The summed E-state index contributed by atoms with van der Waals surface area (Å²) in [6, 6.07) is 0. The van der Waals surface area contributed by atoms with E-state index in [2.05, 4.69) is 15.3 Å². The molecule has 2 rings (SSSR count). The highest BCUT2D eigenvalue weighted by atomic mass is 16.2. The number of imidazole rings is 1. The first kappa shape index (κ1) is 15.5. The maximum atomic E-state index is 12.1. The van der Waals surface area contributed by atoms with E-state index < -0.39 is 0 Å². The van der Waals surface area contributed by atoms with Gasteiger partial charge in [-0.3, -0.25) is 9.59 Å². The van der Waals surface area contributed by atoms with Crippen molar-refractivity contribution in [1.82, 2.24) is 20.2 Å². The van der Waals surface area contributed by atoms with E-state index in [0.29, 0.717) is 19.6 Å². The molecule has 0 aliphatic carbocycles. The number of hydrogen-bond acceptors (Lipinski definition) is 3. The first-order chi connectivity index (χ1) is 10.1. The molecule has 0 radical (unpaired) electrons. The maximum Gasteiger partial charge on any atom is 0.225 e. The minimum absolute atomic E-state index is 0.0305. The zero-order valence-electron chi connectivity index (χ0n) is 12.8. The van der Waals surface area contributed by atoms with Crippen molar-refractivity contribution in [2.75, 3.05) is 19.6 Å². The van der Waals surface area contributed by atoms with E-state index in [9.17, 15) is 9.59 Å². The summed E-state index contributed by atoms with van der Waals surface area (Å²) in [5, 5.41) is 2.97. The van der Waals surface area contributed by atoms with E-state index in [1.54, 1.807) is 12.5 Å². The Kier molecular flexibility index (Phi) is 5.36. The minimum Gasteiger partial charge on any atom is -0.355 e. The molecule has 0 bridgehead atoms. The second-order valence-corrected chi connectivity index (χ2v) is 5.87. The van der Waals surface area contributed by atoms with Crippen molar-refractivity contribution in [2.45, 2.75) is 33.1 Å². The Morgan fingerprint density at radius 2 is 2.14 bits per heavy atom. The van der Waals surface area contributed by atoms with Gasteiger partial charge in [0.25, 0.3) is 0 Å². The van der Waals surface area contributed by atoms with Gasteiger partial charge in [-0.05, 0) is 12.8 Å². The topological polar surface area (TPSA) is 78.1 Å². The average Bonchev–Trinajstić information content (AvgIpc) is 2.99. The van der Waals surface area contributed by atoms with Crippen molar-refractivity contribution in [3.8, 4) is 0 Å². The molecule has 1 saturated heterocycles. The molecule has 1 fully saturated rings. The molecule has 0 saturated carbocycles. The summed E-state index contributed by atoms with van der Waals surface area (Å²) in [4.78, 5) is 32.8. The summed E-state index contributed by atoms with van der Waals surface area (Å²) in [7, 11) is 0. The Balaban J connectivity index is 1.69. The number of likely N-dealkylation sites (tertiary alicyclic amines) is 1. The van der Waals surface area contributed by atoms with Gasteiger partial charge >= 0.3 is 0 Å². The fourth-order valence-electron chi connectivity index (χ4n) is 2.61. The minimum atomic E-state index is 0.0305. The van der Waals surface area contributed by atoms with Gasteiger partial charge in [0.05, 0.1) is 6.33 Å². The number of carbonyl (C=O) groups excluding carboxylic acids is 2. The second kappa shape index (κ2) is 7.24. The molecule has 21 heavy (non-hydrogen) atoms. The highest BCUT2D eigenvalue weighted by Crippen LogP contribution is 2.18. The van der Waals surface area contributed by atoms with Crippen molar-refractivity contribution in [3.05, 3.63) is 18.2 Å². The lowest BCUT2D eigenvalue weighted by atomic mass is 9.95. The number of nitrogens with one attached hydrogen (secondary N) is 2. The van der Waals surface area contributed by atoms with Crippen LogP contribution in [0, 0.1) is 11.8 Å². The van der Waals surface area contributed by atoms with Crippen molar-refractivity contribution < 1.29 is 9.59 Å². The molecule has 2 amide bonds. The van der Waals surface area contributed by atoms with E-state index in [-0.39, 0.29) is 23.7 Å². The standard InChI is InChI=1S/C15H24N4O2/c1-11(2)15(21)19-7-4-12(5-8-19)14(20)17-6-3-13-9-16-10-18-13/h9-12H,3-8H2,1-2H3,(H,16,18)(H,17,20). The van der Waals surface area contributed by atoms with Crippen molar-refractivity contribution in [3.63, 3.8) is 0 Å². The molecule has 2 heterocycles. The highest BCUT2D eigenvalue weighted by molar-refractivity contribution is 5.80. The summed E-state index contributed by atoms with van der Waals surface area (Å²) < 4.78 is 0. The fraction of sp³-hybridized carbons (Fsp3) is 0.667. The predicted octanol–water partition coefficient (Wildman–Crippen LogP) is 0.963. The quantitative estimate of drug-likeness (QED) is 0.848. The van der Waals surface area contributed by atoms with Gasteiger partial charge in [0.15, 0.2) is 0 Å². The van der Waals surface area contributed by atoms with Gasteiger partial charge in [0, 0.05) is 49.8 Å².